The molecule has 4 heterocycles. The average molecular weight is 844 g/mol. The SMILES string of the molecule is c1ccc(C2=NC(c3cccc4oc5c(-c6ccc7c(c6)sc6ccccc67)cc(-c6ccc7c(c6)sc6ccccc67)cc5c34)NC(c3ccc(-c4ccccc4)cc3)N2)cc1. The lowest BCUT2D eigenvalue weighted by atomic mass is 9.93. The minimum atomic E-state index is -0.373. The van der Waals surface area contributed by atoms with Crippen LogP contribution in [-0.2, 0) is 0 Å². The maximum absolute atomic E-state index is 7.03. The number of amidine groups is 1. The summed E-state index contributed by atoms with van der Waals surface area (Å²) in [7, 11) is 0. The normalized spacial score (nSPS) is 15.5. The molecule has 2 N–H and O–H groups in total. The van der Waals surface area contributed by atoms with Crippen LogP contribution in [0.1, 0.15) is 29.0 Å². The van der Waals surface area contributed by atoms with E-state index in [1.807, 2.05) is 28.7 Å². The fraction of sp³-hybridized carbons (Fsp3) is 0.0351. The Kier molecular flexibility index (Phi) is 8.44. The zero-order valence-corrected chi connectivity index (χ0v) is 35.5. The first-order valence-corrected chi connectivity index (χ1v) is 23.0. The second kappa shape index (κ2) is 14.6. The topological polar surface area (TPSA) is 49.6 Å². The second-order valence-corrected chi connectivity index (χ2v) is 18.5. The van der Waals surface area contributed by atoms with E-state index in [0.717, 1.165) is 61.2 Å². The highest BCUT2D eigenvalue weighted by Gasteiger charge is 2.29. The van der Waals surface area contributed by atoms with Crippen LogP contribution < -0.4 is 10.6 Å². The zero-order valence-electron chi connectivity index (χ0n) is 33.9. The van der Waals surface area contributed by atoms with Crippen molar-refractivity contribution in [1.29, 1.82) is 0 Å². The number of benzene rings is 9. The largest absolute Gasteiger partial charge is 0.455 e. The van der Waals surface area contributed by atoms with E-state index in [2.05, 4.69) is 205 Å². The molecule has 1 aliphatic rings. The van der Waals surface area contributed by atoms with Gasteiger partial charge in [0.1, 0.15) is 29.3 Å². The third-order valence-electron chi connectivity index (χ3n) is 12.6. The smallest absolute Gasteiger partial charge is 0.143 e. The number of rotatable bonds is 6. The van der Waals surface area contributed by atoms with Crippen LogP contribution in [0.3, 0.4) is 0 Å². The van der Waals surface area contributed by atoms with Gasteiger partial charge in [-0.1, -0.05) is 158 Å². The molecule has 0 aliphatic carbocycles. The van der Waals surface area contributed by atoms with Gasteiger partial charge < -0.3 is 9.73 Å². The number of aliphatic imine (C=N–C) groups is 1. The Morgan fingerprint density at radius 1 is 0.429 bits per heavy atom. The fourth-order valence-electron chi connectivity index (χ4n) is 9.49. The summed E-state index contributed by atoms with van der Waals surface area (Å²) >= 11 is 3.70. The molecule has 2 atom stereocenters. The molecule has 13 rings (SSSR count). The van der Waals surface area contributed by atoms with Gasteiger partial charge in [0.2, 0.25) is 0 Å². The Hall–Kier alpha value is -7.35. The van der Waals surface area contributed by atoms with Crippen LogP contribution in [0.5, 0.6) is 0 Å². The third kappa shape index (κ3) is 6.17. The first-order chi connectivity index (χ1) is 31.2. The molecule has 0 fully saturated rings. The van der Waals surface area contributed by atoms with Crippen molar-refractivity contribution in [1.82, 2.24) is 10.6 Å². The van der Waals surface area contributed by atoms with Gasteiger partial charge >= 0.3 is 0 Å². The molecule has 6 heteroatoms. The quantitative estimate of drug-likeness (QED) is 0.175. The van der Waals surface area contributed by atoms with Crippen molar-refractivity contribution >= 4 is 90.8 Å². The molecular formula is C57H37N3OS2. The number of hydrogen-bond acceptors (Lipinski definition) is 6. The van der Waals surface area contributed by atoms with Gasteiger partial charge in [-0.3, -0.25) is 5.32 Å². The van der Waals surface area contributed by atoms with Gasteiger partial charge in [-0.25, -0.2) is 4.99 Å². The molecule has 3 aromatic heterocycles. The Morgan fingerprint density at radius 3 is 1.73 bits per heavy atom. The van der Waals surface area contributed by atoms with Gasteiger partial charge in [-0.2, -0.15) is 0 Å². The average Bonchev–Trinajstić information content (AvgIpc) is 4.05. The van der Waals surface area contributed by atoms with E-state index >= 15 is 0 Å². The number of thiophene rings is 2. The van der Waals surface area contributed by atoms with Crippen molar-refractivity contribution in [3.05, 3.63) is 217 Å². The van der Waals surface area contributed by atoms with Crippen LogP contribution >= 0.6 is 22.7 Å². The molecule has 0 spiro atoms. The molecule has 0 saturated heterocycles. The molecular weight excluding hydrogens is 807 g/mol. The van der Waals surface area contributed by atoms with Gasteiger partial charge in [0.15, 0.2) is 0 Å². The van der Waals surface area contributed by atoms with Gasteiger partial charge in [0.25, 0.3) is 0 Å². The fourth-order valence-corrected chi connectivity index (χ4v) is 11.8. The number of nitrogens with one attached hydrogen (secondary N) is 2. The van der Waals surface area contributed by atoms with E-state index in [9.17, 15) is 0 Å². The standard InChI is InChI=1S/C57H37N3OS2/c1-3-12-34(13-4-1)35-22-24-37(25-23-35)56-58-55(36-14-5-2-6-15-36)59-57(60-56)45-18-11-19-48-53(45)47-31-40(38-26-28-43-41-16-7-9-20-49(41)62-51(43)32-38)30-46(54(47)61-48)39-27-29-44-42-17-8-10-21-50(42)63-52(44)33-39/h1-33,56-57,60H,(H,58,59). The van der Waals surface area contributed by atoms with Crippen molar-refractivity contribution in [3.63, 3.8) is 0 Å². The number of nitrogens with zero attached hydrogens (tertiary/aromatic N) is 1. The Balaban J connectivity index is 1.00. The Bertz CT molecular complexity index is 3750. The van der Waals surface area contributed by atoms with E-state index in [-0.39, 0.29) is 12.3 Å². The number of hydrogen-bond donors (Lipinski definition) is 2. The minimum absolute atomic E-state index is 0.201. The maximum Gasteiger partial charge on any atom is 0.143 e. The lowest BCUT2D eigenvalue weighted by molar-refractivity contribution is 0.410. The summed E-state index contributed by atoms with van der Waals surface area (Å²) in [4.78, 5) is 5.43. The first kappa shape index (κ1) is 36.3. The van der Waals surface area contributed by atoms with E-state index in [1.54, 1.807) is 0 Å². The van der Waals surface area contributed by atoms with E-state index in [1.165, 1.54) is 57.0 Å². The summed E-state index contributed by atoms with van der Waals surface area (Å²) in [5.41, 5.74) is 11.9. The summed E-state index contributed by atoms with van der Waals surface area (Å²) in [5.74, 6) is 0.843. The molecule has 63 heavy (non-hydrogen) atoms. The predicted molar refractivity (Wildman–Crippen MR) is 267 cm³/mol. The lowest BCUT2D eigenvalue weighted by Crippen LogP contribution is -2.45. The molecule has 0 amide bonds. The van der Waals surface area contributed by atoms with Crippen molar-refractivity contribution in [3.8, 4) is 33.4 Å². The molecule has 0 saturated carbocycles. The van der Waals surface area contributed by atoms with Crippen molar-refractivity contribution in [2.75, 3.05) is 0 Å². The first-order valence-electron chi connectivity index (χ1n) is 21.3. The molecule has 0 radical (unpaired) electrons. The van der Waals surface area contributed by atoms with Crippen LogP contribution in [0.2, 0.25) is 0 Å². The molecule has 298 valence electrons. The van der Waals surface area contributed by atoms with Crippen molar-refractivity contribution in [2.24, 2.45) is 4.99 Å². The van der Waals surface area contributed by atoms with Crippen LogP contribution in [0.15, 0.2) is 210 Å². The van der Waals surface area contributed by atoms with E-state index in [0.29, 0.717) is 0 Å². The lowest BCUT2D eigenvalue weighted by Gasteiger charge is -2.32. The van der Waals surface area contributed by atoms with Gasteiger partial charge in [0.05, 0.1) is 0 Å². The van der Waals surface area contributed by atoms with Crippen LogP contribution in [0, 0.1) is 0 Å². The molecule has 2 unspecified atom stereocenters. The molecule has 4 nitrogen and oxygen atoms in total. The van der Waals surface area contributed by atoms with Crippen LogP contribution in [0.25, 0.3) is 95.7 Å². The highest BCUT2D eigenvalue weighted by molar-refractivity contribution is 7.26. The summed E-state index contributed by atoms with van der Waals surface area (Å²) in [5, 5.41) is 15.0. The number of fused-ring (bicyclic) bond motifs is 9. The monoisotopic (exact) mass is 843 g/mol. The highest BCUT2D eigenvalue weighted by Crippen LogP contribution is 2.45. The summed E-state index contributed by atoms with van der Waals surface area (Å²) in [6, 6.07) is 72.1. The highest BCUT2D eigenvalue weighted by atomic mass is 32.1. The van der Waals surface area contributed by atoms with Gasteiger partial charge in [0, 0.05) is 67.8 Å². The van der Waals surface area contributed by atoms with Crippen molar-refractivity contribution in [2.45, 2.75) is 12.3 Å². The predicted octanol–water partition coefficient (Wildman–Crippen LogP) is 15.7. The summed E-state index contributed by atoms with van der Waals surface area (Å²) in [6.45, 7) is 0. The van der Waals surface area contributed by atoms with Crippen LogP contribution in [0.4, 0.5) is 0 Å². The third-order valence-corrected chi connectivity index (χ3v) is 14.9. The Labute approximate surface area is 371 Å². The summed E-state index contributed by atoms with van der Waals surface area (Å²) < 4.78 is 12.2. The number of furan rings is 1. The molecule has 9 aromatic carbocycles. The van der Waals surface area contributed by atoms with Gasteiger partial charge in [-0.15, -0.1) is 22.7 Å². The molecule has 12 aromatic rings. The van der Waals surface area contributed by atoms with Gasteiger partial charge in [-0.05, 0) is 75.8 Å². The summed E-state index contributed by atoms with van der Waals surface area (Å²) in [6.07, 6.45) is -0.574. The zero-order chi connectivity index (χ0) is 41.4. The minimum Gasteiger partial charge on any atom is -0.455 e. The van der Waals surface area contributed by atoms with E-state index in [4.69, 9.17) is 9.41 Å². The van der Waals surface area contributed by atoms with Crippen LogP contribution in [-0.4, -0.2) is 5.84 Å². The van der Waals surface area contributed by atoms with E-state index < -0.39 is 0 Å². The molecule has 0 bridgehead atoms. The molecule has 1 aliphatic heterocycles. The maximum atomic E-state index is 7.03. The Morgan fingerprint density at radius 2 is 1.02 bits per heavy atom. The second-order valence-electron chi connectivity index (χ2n) is 16.3. The van der Waals surface area contributed by atoms with Crippen molar-refractivity contribution < 1.29 is 4.42 Å².